The second-order valence-corrected chi connectivity index (χ2v) is 11.7. The van der Waals surface area contributed by atoms with Gasteiger partial charge in [0.1, 0.15) is 6.29 Å². The van der Waals surface area contributed by atoms with Gasteiger partial charge in [-0.05, 0) is 42.9 Å². The third-order valence-corrected chi connectivity index (χ3v) is 8.28. The smallest absolute Gasteiger partial charge is 0.345 e. The van der Waals surface area contributed by atoms with Crippen LogP contribution in [0.5, 0.6) is 5.88 Å². The maximum absolute atomic E-state index is 11.4. The fraction of sp³-hybridized carbons (Fsp3) is 0.222. The Morgan fingerprint density at radius 1 is 1.28 bits per heavy atom. The zero-order chi connectivity index (χ0) is 23.8. The van der Waals surface area contributed by atoms with E-state index in [1.807, 2.05) is 11.8 Å². The molecule has 3 rings (SSSR count). The predicted octanol–water partition coefficient (Wildman–Crippen LogP) is 5.76. The Kier molecular flexibility index (Phi) is 7.84. The fourth-order valence-electron chi connectivity index (χ4n) is 2.97. The van der Waals surface area contributed by atoms with Crippen LogP contribution in [-0.2, 0) is 15.6 Å². The molecule has 0 amide bonds. The number of anilines is 1. The third kappa shape index (κ3) is 5.60. The van der Waals surface area contributed by atoms with Crippen LogP contribution in [0, 0.1) is 3.95 Å². The normalized spacial score (nSPS) is 15.5. The number of benzene rings is 1. The first-order chi connectivity index (χ1) is 14.9. The number of hydrogen-bond donors (Lipinski definition) is 4. The molecule has 0 spiro atoms. The first-order valence-corrected chi connectivity index (χ1v) is 13.6. The van der Waals surface area contributed by atoms with E-state index in [1.54, 1.807) is 18.2 Å². The van der Waals surface area contributed by atoms with Gasteiger partial charge in [-0.3, -0.25) is 13.9 Å². The van der Waals surface area contributed by atoms with E-state index in [4.69, 9.17) is 40.5 Å². The number of thiazole rings is 1. The van der Waals surface area contributed by atoms with Crippen molar-refractivity contribution in [3.63, 3.8) is 0 Å². The van der Waals surface area contributed by atoms with Crippen LogP contribution in [0.2, 0.25) is 10.0 Å². The molecule has 8 nitrogen and oxygen atoms in total. The molecule has 0 aliphatic carbocycles. The van der Waals surface area contributed by atoms with Gasteiger partial charge in [0.25, 0.3) is 0 Å². The number of carboxylic acid groups (broad SMARTS) is 1. The second-order valence-electron chi connectivity index (χ2n) is 6.58. The van der Waals surface area contributed by atoms with E-state index in [1.165, 1.54) is 17.8 Å². The molecule has 0 fully saturated rings. The average molecular weight is 555 g/mol. The minimum atomic E-state index is -4.51. The Morgan fingerprint density at radius 2 is 1.94 bits per heavy atom. The van der Waals surface area contributed by atoms with Crippen molar-refractivity contribution in [2.45, 2.75) is 24.5 Å². The molecule has 2 heterocycles. The number of aliphatic carboxylic acids is 1. The maximum atomic E-state index is 11.4. The van der Waals surface area contributed by atoms with Crippen molar-refractivity contribution in [3.05, 3.63) is 48.2 Å². The molecule has 0 saturated carbocycles. The van der Waals surface area contributed by atoms with E-state index in [2.05, 4.69) is 0 Å². The summed E-state index contributed by atoms with van der Waals surface area (Å²) in [4.78, 5) is 32.8. The first-order valence-electron chi connectivity index (χ1n) is 8.97. The summed E-state index contributed by atoms with van der Waals surface area (Å²) in [5.74, 6) is -1.52. The Labute approximate surface area is 206 Å². The summed E-state index contributed by atoms with van der Waals surface area (Å²) >= 11 is 19.8. The summed E-state index contributed by atoms with van der Waals surface area (Å²) in [7, 11) is -4.51. The molecule has 0 unspecified atom stereocenters. The molecule has 1 aliphatic rings. The van der Waals surface area contributed by atoms with Crippen LogP contribution in [0.4, 0.5) is 5.69 Å². The Balaban J connectivity index is 2.11. The molecule has 32 heavy (non-hydrogen) atoms. The molecular weight excluding hydrogens is 538 g/mol. The number of thioether (sulfide) groups is 1. The number of aromatic nitrogens is 1. The van der Waals surface area contributed by atoms with Crippen LogP contribution in [0.15, 0.2) is 34.2 Å². The number of carbonyl (C=O) groups is 1. The summed E-state index contributed by atoms with van der Waals surface area (Å²) < 4.78 is 12.4. The van der Waals surface area contributed by atoms with Crippen LogP contribution in [0.25, 0.3) is 5.57 Å². The number of allylic oxidation sites excluding steroid dienone is 2. The lowest BCUT2D eigenvalue weighted by molar-refractivity contribution is -0.136. The van der Waals surface area contributed by atoms with E-state index in [-0.39, 0.29) is 15.3 Å². The van der Waals surface area contributed by atoms with Gasteiger partial charge in [-0.15, -0.1) is 11.3 Å². The monoisotopic (exact) mass is 554 g/mol. The number of nitrogens with zero attached hydrogens (tertiary/aromatic N) is 2. The zero-order valence-electron chi connectivity index (χ0n) is 16.4. The van der Waals surface area contributed by atoms with Crippen molar-refractivity contribution in [1.29, 1.82) is 0 Å². The highest BCUT2D eigenvalue weighted by Gasteiger charge is 2.27. The van der Waals surface area contributed by atoms with Gasteiger partial charge < -0.3 is 24.9 Å². The summed E-state index contributed by atoms with van der Waals surface area (Å²) in [6, 6.07) is 3.49. The molecule has 1 aromatic heterocycles. The van der Waals surface area contributed by atoms with Gasteiger partial charge in [0.05, 0.1) is 32.1 Å². The van der Waals surface area contributed by atoms with Crippen LogP contribution in [-0.4, -0.2) is 37.1 Å². The molecule has 0 atom stereocenters. The van der Waals surface area contributed by atoms with Crippen LogP contribution >= 0.6 is 66.1 Å². The highest BCUT2D eigenvalue weighted by Crippen LogP contribution is 2.50. The lowest BCUT2D eigenvalue weighted by Crippen LogP contribution is -2.16. The molecular formula is C18H17Cl2N2O6PS3. The number of fused-ring (bicyclic) bond motifs is 1. The Bertz CT molecular complexity index is 1250. The molecule has 0 saturated heterocycles. The van der Waals surface area contributed by atoms with Crippen molar-refractivity contribution in [2.75, 3.05) is 11.4 Å². The van der Waals surface area contributed by atoms with Crippen molar-refractivity contribution < 1.29 is 29.4 Å². The number of aromatic hydroxyl groups is 1. The predicted molar refractivity (Wildman–Crippen MR) is 131 cm³/mol. The van der Waals surface area contributed by atoms with Crippen LogP contribution in [0.3, 0.4) is 0 Å². The minimum Gasteiger partial charge on any atom is -0.493 e. The lowest BCUT2D eigenvalue weighted by Gasteiger charge is -2.18. The molecule has 0 radical (unpaired) electrons. The number of hydrogen-bond acceptors (Lipinski definition) is 7. The summed E-state index contributed by atoms with van der Waals surface area (Å²) in [5.41, 5.74) is 1.20. The Hall–Kier alpha value is -1.30. The van der Waals surface area contributed by atoms with Gasteiger partial charge in [-0.1, -0.05) is 41.0 Å². The van der Waals surface area contributed by atoms with Gasteiger partial charge in [0, 0.05) is 11.4 Å². The maximum Gasteiger partial charge on any atom is 0.345 e. The van der Waals surface area contributed by atoms with Crippen LogP contribution < -0.4 is 4.90 Å². The van der Waals surface area contributed by atoms with E-state index >= 15 is 0 Å². The molecule has 2 aromatic rings. The minimum absolute atomic E-state index is 0.0497. The molecule has 1 aromatic carbocycles. The number of carboxylic acids is 1. The SMILES string of the molecule is CCN1C(=CC(=CCC(=O)O)c2sc(=S)n(CP(=O)(O)O)c2O)Sc2cc(Cl)c(Cl)cc21. The summed E-state index contributed by atoms with van der Waals surface area (Å²) in [6.45, 7) is 2.52. The molecule has 172 valence electrons. The van der Waals surface area contributed by atoms with Crippen molar-refractivity contribution in [3.8, 4) is 5.88 Å². The Morgan fingerprint density at radius 3 is 2.53 bits per heavy atom. The lowest BCUT2D eigenvalue weighted by atomic mass is 10.1. The van der Waals surface area contributed by atoms with Gasteiger partial charge >= 0.3 is 13.6 Å². The molecule has 0 bridgehead atoms. The topological polar surface area (TPSA) is 123 Å². The fourth-order valence-corrected chi connectivity index (χ4v) is 6.69. The highest BCUT2D eigenvalue weighted by molar-refractivity contribution is 8.03. The van der Waals surface area contributed by atoms with E-state index in [0.29, 0.717) is 22.2 Å². The van der Waals surface area contributed by atoms with Gasteiger partial charge in [-0.25, -0.2) is 0 Å². The van der Waals surface area contributed by atoms with Gasteiger partial charge in [0.2, 0.25) is 5.88 Å². The third-order valence-electron chi connectivity index (χ3n) is 4.32. The molecule has 4 N–H and O–H groups in total. The number of halogens is 2. The van der Waals surface area contributed by atoms with Crippen LogP contribution in [0.1, 0.15) is 18.2 Å². The van der Waals surface area contributed by atoms with Crippen molar-refractivity contribution in [2.24, 2.45) is 0 Å². The number of rotatable bonds is 7. The quantitative estimate of drug-likeness (QED) is 0.250. The average Bonchev–Trinajstić information content (AvgIpc) is 3.15. The standard InChI is InChI=1S/C18H17Cl2N2O6PS3/c1-2-21-12-6-10(19)11(20)7-13(12)31-14(21)5-9(3-4-15(23)24)16-17(25)22(18(30)32-16)8-29(26,27)28/h3,5-7,25H,2,4,8H2,1H3,(H,23,24)(H2,26,27,28). The van der Waals surface area contributed by atoms with E-state index in [0.717, 1.165) is 31.5 Å². The zero-order valence-corrected chi connectivity index (χ0v) is 21.2. The van der Waals surface area contributed by atoms with Gasteiger partial charge in [-0.2, -0.15) is 0 Å². The summed E-state index contributed by atoms with van der Waals surface area (Å²) in [5, 5.41) is 21.3. The van der Waals surface area contributed by atoms with Crippen molar-refractivity contribution in [1.82, 2.24) is 4.57 Å². The second kappa shape index (κ2) is 9.90. The van der Waals surface area contributed by atoms with E-state index < -0.39 is 25.7 Å². The van der Waals surface area contributed by atoms with Gasteiger partial charge in [0.15, 0.2) is 3.95 Å². The molecule has 14 heteroatoms. The highest BCUT2D eigenvalue weighted by atomic mass is 35.5. The first kappa shape index (κ1) is 25.3. The summed E-state index contributed by atoms with van der Waals surface area (Å²) in [6.07, 6.45) is 1.99. The largest absolute Gasteiger partial charge is 0.493 e. The molecule has 1 aliphatic heterocycles. The van der Waals surface area contributed by atoms with E-state index in [9.17, 15) is 24.3 Å². The van der Waals surface area contributed by atoms with Crippen molar-refractivity contribution >= 4 is 83.3 Å².